The quantitative estimate of drug-likeness (QED) is 0.492. The van der Waals surface area contributed by atoms with Gasteiger partial charge in [-0.3, -0.25) is 9.59 Å². The summed E-state index contributed by atoms with van der Waals surface area (Å²) in [6.07, 6.45) is 5.05. The van der Waals surface area contributed by atoms with E-state index in [2.05, 4.69) is 5.32 Å². The monoisotopic (exact) mass is 553 g/mol. The number of piperidine rings is 1. The molecule has 5 rings (SSSR count). The van der Waals surface area contributed by atoms with Crippen molar-refractivity contribution < 1.29 is 9.59 Å². The third-order valence-corrected chi connectivity index (χ3v) is 8.83. The molecule has 35 heavy (non-hydrogen) atoms. The van der Waals surface area contributed by atoms with Crippen LogP contribution in [0.3, 0.4) is 0 Å². The lowest BCUT2D eigenvalue weighted by molar-refractivity contribution is -0.140. The Kier molecular flexibility index (Phi) is 7.01. The first-order chi connectivity index (χ1) is 16.7. The molecular formula is C26H27Cl4N3O2. The van der Waals surface area contributed by atoms with Crippen molar-refractivity contribution in [1.29, 1.82) is 0 Å². The maximum absolute atomic E-state index is 13.9. The van der Waals surface area contributed by atoms with Gasteiger partial charge in [-0.25, -0.2) is 0 Å². The summed E-state index contributed by atoms with van der Waals surface area (Å²) in [7, 11) is 0. The minimum absolute atomic E-state index is 0.0817. The normalized spacial score (nSPS) is 25.3. The Morgan fingerprint density at radius 1 is 0.971 bits per heavy atom. The van der Waals surface area contributed by atoms with Crippen LogP contribution in [-0.4, -0.2) is 40.9 Å². The predicted octanol–water partition coefficient (Wildman–Crippen LogP) is 5.54. The van der Waals surface area contributed by atoms with Crippen molar-refractivity contribution in [3.8, 4) is 0 Å². The van der Waals surface area contributed by atoms with Gasteiger partial charge in [0.15, 0.2) is 0 Å². The maximum Gasteiger partial charge on any atom is 0.245 e. The highest BCUT2D eigenvalue weighted by Gasteiger charge is 2.53. The molecule has 1 saturated carbocycles. The van der Waals surface area contributed by atoms with E-state index in [1.165, 1.54) is 0 Å². The van der Waals surface area contributed by atoms with Gasteiger partial charge in [-0.2, -0.15) is 0 Å². The number of hydrogen-bond acceptors (Lipinski definition) is 3. The van der Waals surface area contributed by atoms with Gasteiger partial charge in [-0.05, 0) is 73.9 Å². The topological polar surface area (TPSA) is 75.4 Å². The van der Waals surface area contributed by atoms with Crippen LogP contribution < -0.4 is 11.1 Å². The maximum atomic E-state index is 13.9. The van der Waals surface area contributed by atoms with E-state index in [0.29, 0.717) is 32.9 Å². The van der Waals surface area contributed by atoms with Gasteiger partial charge < -0.3 is 16.0 Å². The molecule has 1 aliphatic carbocycles. The molecular weight excluding hydrogens is 528 g/mol. The highest BCUT2D eigenvalue weighted by atomic mass is 35.5. The second-order valence-corrected chi connectivity index (χ2v) is 11.7. The Bertz CT molecular complexity index is 1160. The van der Waals surface area contributed by atoms with E-state index in [9.17, 15) is 9.59 Å². The molecule has 2 amide bonds. The third kappa shape index (κ3) is 4.91. The average molecular weight is 555 g/mol. The molecule has 2 heterocycles. The van der Waals surface area contributed by atoms with Gasteiger partial charge in [0.25, 0.3) is 0 Å². The number of rotatable bonds is 6. The van der Waals surface area contributed by atoms with Crippen LogP contribution in [0.15, 0.2) is 36.4 Å². The first-order valence-corrected chi connectivity index (χ1v) is 13.5. The zero-order chi connectivity index (χ0) is 24.9. The minimum atomic E-state index is -0.762. The molecule has 3 aliphatic rings. The fourth-order valence-corrected chi connectivity index (χ4v) is 6.86. The molecule has 4 atom stereocenters. The molecule has 2 aliphatic heterocycles. The van der Waals surface area contributed by atoms with E-state index >= 15 is 0 Å². The first-order valence-electron chi connectivity index (χ1n) is 12.0. The molecule has 0 spiro atoms. The van der Waals surface area contributed by atoms with Crippen LogP contribution in [-0.2, 0) is 21.4 Å². The van der Waals surface area contributed by atoms with Gasteiger partial charge >= 0.3 is 0 Å². The van der Waals surface area contributed by atoms with Crippen LogP contribution in [0.2, 0.25) is 20.1 Å². The lowest BCUT2D eigenvalue weighted by Gasteiger charge is -2.40. The molecule has 5 nitrogen and oxygen atoms in total. The lowest BCUT2D eigenvalue weighted by Crippen LogP contribution is -2.58. The Morgan fingerprint density at radius 2 is 1.57 bits per heavy atom. The fourth-order valence-electron chi connectivity index (χ4n) is 5.78. The van der Waals surface area contributed by atoms with Crippen LogP contribution in [0.25, 0.3) is 0 Å². The van der Waals surface area contributed by atoms with Crippen molar-refractivity contribution in [2.24, 2.45) is 5.73 Å². The number of nitrogens with two attached hydrogens (primary N) is 1. The Balaban J connectivity index is 1.43. The summed E-state index contributed by atoms with van der Waals surface area (Å²) < 4.78 is 0. The molecule has 2 aromatic carbocycles. The predicted molar refractivity (Wildman–Crippen MR) is 140 cm³/mol. The fraction of sp³-hybridized carbons (Fsp3) is 0.462. The van der Waals surface area contributed by atoms with E-state index in [1.54, 1.807) is 36.4 Å². The number of carbonyl (C=O) groups is 2. The van der Waals surface area contributed by atoms with Crippen LogP contribution in [0.1, 0.15) is 49.7 Å². The molecule has 0 aromatic heterocycles. The molecule has 0 radical (unpaired) electrons. The number of halogens is 4. The molecule has 3 fully saturated rings. The summed E-state index contributed by atoms with van der Waals surface area (Å²) in [6.45, 7) is 0. The van der Waals surface area contributed by atoms with Gasteiger partial charge in [0, 0.05) is 44.6 Å². The summed E-state index contributed by atoms with van der Waals surface area (Å²) in [6, 6.07) is 9.95. The average Bonchev–Trinajstić information content (AvgIpc) is 3.55. The number of nitrogens with one attached hydrogen (secondary N) is 1. The van der Waals surface area contributed by atoms with Crippen LogP contribution in [0, 0.1) is 0 Å². The molecule has 2 bridgehead atoms. The van der Waals surface area contributed by atoms with E-state index in [1.807, 2.05) is 4.90 Å². The van der Waals surface area contributed by atoms with Crippen molar-refractivity contribution in [1.82, 2.24) is 10.2 Å². The second kappa shape index (κ2) is 9.75. The molecule has 2 aromatic rings. The van der Waals surface area contributed by atoms with Crippen molar-refractivity contribution in [3.05, 3.63) is 67.6 Å². The molecule has 2 saturated heterocycles. The van der Waals surface area contributed by atoms with Crippen molar-refractivity contribution in [2.75, 3.05) is 0 Å². The van der Waals surface area contributed by atoms with Crippen LogP contribution >= 0.6 is 46.4 Å². The van der Waals surface area contributed by atoms with Gasteiger partial charge in [-0.15, -0.1) is 0 Å². The Labute approximate surface area is 225 Å². The second-order valence-electron chi connectivity index (χ2n) is 10.0. The summed E-state index contributed by atoms with van der Waals surface area (Å²) >= 11 is 25.1. The van der Waals surface area contributed by atoms with E-state index in [0.717, 1.165) is 36.8 Å². The number of hydrogen-bond donors (Lipinski definition) is 2. The number of nitrogens with zero attached hydrogens (tertiary/aromatic N) is 1. The summed E-state index contributed by atoms with van der Waals surface area (Å²) in [5.41, 5.74) is 6.96. The Hall–Kier alpha value is -1.50. The zero-order valence-corrected chi connectivity index (χ0v) is 22.1. The smallest absolute Gasteiger partial charge is 0.245 e. The van der Waals surface area contributed by atoms with Crippen LogP contribution in [0.4, 0.5) is 0 Å². The van der Waals surface area contributed by atoms with Crippen molar-refractivity contribution in [2.45, 2.75) is 74.5 Å². The molecule has 1 unspecified atom stereocenters. The van der Waals surface area contributed by atoms with Crippen molar-refractivity contribution >= 4 is 58.2 Å². The third-order valence-electron chi connectivity index (χ3n) is 7.70. The van der Waals surface area contributed by atoms with E-state index < -0.39 is 11.5 Å². The minimum Gasteiger partial charge on any atom is -0.343 e. The summed E-state index contributed by atoms with van der Waals surface area (Å²) in [4.78, 5) is 29.6. The summed E-state index contributed by atoms with van der Waals surface area (Å²) in [5, 5.41) is 5.04. The van der Waals surface area contributed by atoms with Gasteiger partial charge in [0.2, 0.25) is 11.8 Å². The SMILES string of the molecule is NC1C[C@H]2CC[C@@H](C1)N2C(=O)[C@H](Cc1ccc(Cl)cc1Cl)NC(=O)C1(c2ccc(Cl)cc2Cl)CC1. The summed E-state index contributed by atoms with van der Waals surface area (Å²) in [5.74, 6) is -0.284. The van der Waals surface area contributed by atoms with Gasteiger partial charge in [0.05, 0.1) is 5.41 Å². The van der Waals surface area contributed by atoms with Crippen molar-refractivity contribution in [3.63, 3.8) is 0 Å². The highest BCUT2D eigenvalue weighted by Crippen LogP contribution is 2.51. The number of benzene rings is 2. The standard InChI is InChI=1S/C26H27Cl4N3O2/c27-15-2-1-14(21(29)10-15)9-23(24(34)33-18-4-5-19(33)13-17(31)12-18)32-25(35)26(7-8-26)20-6-3-16(28)11-22(20)30/h1-3,6,10-11,17-19,23H,4-5,7-9,12-13,31H2,(H,32,35)/t17?,18-,19+,23-/m0/s1. The molecule has 9 heteroatoms. The largest absolute Gasteiger partial charge is 0.343 e. The van der Waals surface area contributed by atoms with Gasteiger partial charge in [0.1, 0.15) is 6.04 Å². The van der Waals surface area contributed by atoms with E-state index in [-0.39, 0.29) is 36.4 Å². The van der Waals surface area contributed by atoms with Crippen LogP contribution in [0.5, 0.6) is 0 Å². The number of amides is 2. The number of carbonyl (C=O) groups excluding carboxylic acids is 2. The highest BCUT2D eigenvalue weighted by molar-refractivity contribution is 6.35. The number of fused-ring (bicyclic) bond motifs is 2. The molecule has 3 N–H and O–H groups in total. The lowest BCUT2D eigenvalue weighted by atomic mass is 9.93. The van der Waals surface area contributed by atoms with E-state index in [4.69, 9.17) is 52.1 Å². The van der Waals surface area contributed by atoms with Gasteiger partial charge in [-0.1, -0.05) is 58.5 Å². The zero-order valence-electron chi connectivity index (χ0n) is 19.1. The molecule has 186 valence electrons. The first kappa shape index (κ1) is 25.2. The Morgan fingerprint density at radius 3 is 2.14 bits per heavy atom.